The van der Waals surface area contributed by atoms with E-state index in [1.807, 2.05) is 0 Å². The molecule has 1 saturated heterocycles. The maximum atomic E-state index is 13.3. The lowest BCUT2D eigenvalue weighted by Gasteiger charge is -2.20. The molecule has 1 aromatic carbocycles. The van der Waals surface area contributed by atoms with Gasteiger partial charge in [-0.05, 0) is 24.6 Å². The van der Waals surface area contributed by atoms with E-state index in [9.17, 15) is 30.8 Å². The topological polar surface area (TPSA) is 104 Å². The third-order valence-electron chi connectivity index (χ3n) is 4.89. The minimum Gasteiger partial charge on any atom is -0.355 e. The van der Waals surface area contributed by atoms with Crippen LogP contribution < -0.4 is 4.90 Å². The Morgan fingerprint density at radius 2 is 2.06 bits per heavy atom. The predicted octanol–water partition coefficient (Wildman–Crippen LogP) is 3.72. The molecule has 1 aliphatic rings. The second-order valence-electron chi connectivity index (χ2n) is 7.06. The first-order chi connectivity index (χ1) is 14.9. The smallest absolute Gasteiger partial charge is 0.355 e. The Morgan fingerprint density at radius 1 is 1.34 bits per heavy atom. The number of alkyl halides is 3. The van der Waals surface area contributed by atoms with E-state index >= 15 is 0 Å². The number of rotatable bonds is 6. The van der Waals surface area contributed by atoms with Gasteiger partial charge in [-0.2, -0.15) is 18.4 Å². The van der Waals surface area contributed by atoms with Gasteiger partial charge >= 0.3 is 6.18 Å². The molecule has 32 heavy (non-hydrogen) atoms. The molecule has 2 aromatic rings. The molecule has 0 saturated carbocycles. The number of carbonyl (C=O) groups excluding carboxylic acids is 1. The van der Waals surface area contributed by atoms with E-state index in [1.165, 1.54) is 4.90 Å². The highest BCUT2D eigenvalue weighted by Gasteiger charge is 2.37. The zero-order valence-corrected chi connectivity index (χ0v) is 17.8. The van der Waals surface area contributed by atoms with Crippen molar-refractivity contribution in [2.75, 3.05) is 18.0 Å². The van der Waals surface area contributed by atoms with Gasteiger partial charge in [-0.1, -0.05) is 11.6 Å². The van der Waals surface area contributed by atoms with Gasteiger partial charge < -0.3 is 4.90 Å². The van der Waals surface area contributed by atoms with Gasteiger partial charge in [0.05, 0.1) is 27.2 Å². The molecule has 1 atom stereocenters. The largest absolute Gasteiger partial charge is 0.389 e. The third-order valence-corrected chi connectivity index (χ3v) is 7.54. The number of ketones is 1. The maximum absolute atomic E-state index is 13.3. The van der Waals surface area contributed by atoms with Crippen LogP contribution in [0, 0.1) is 17.1 Å². The second-order valence-corrected chi connectivity index (χ2v) is 9.66. The van der Waals surface area contributed by atoms with E-state index in [0.717, 1.165) is 24.4 Å². The number of benzene rings is 1. The summed E-state index contributed by atoms with van der Waals surface area (Å²) in [6, 6.07) is 4.58. The summed E-state index contributed by atoms with van der Waals surface area (Å²) in [6.07, 6.45) is -5.65. The normalized spacial score (nSPS) is 16.8. The van der Waals surface area contributed by atoms with Crippen molar-refractivity contribution in [2.45, 2.75) is 35.6 Å². The van der Waals surface area contributed by atoms with E-state index in [1.54, 1.807) is 6.07 Å². The highest BCUT2D eigenvalue weighted by Crippen LogP contribution is 2.32. The van der Waals surface area contributed by atoms with E-state index in [0.29, 0.717) is 0 Å². The van der Waals surface area contributed by atoms with E-state index in [4.69, 9.17) is 16.9 Å². The Morgan fingerprint density at radius 3 is 2.69 bits per heavy atom. The summed E-state index contributed by atoms with van der Waals surface area (Å²) < 4.78 is 76.8. The van der Waals surface area contributed by atoms with Crippen LogP contribution >= 0.6 is 11.6 Å². The van der Waals surface area contributed by atoms with Crippen LogP contribution in [0.2, 0.25) is 5.02 Å². The van der Waals surface area contributed by atoms with Gasteiger partial charge in [0, 0.05) is 25.7 Å². The Bertz CT molecular complexity index is 1200. The predicted molar refractivity (Wildman–Crippen MR) is 106 cm³/mol. The Kier molecular flexibility index (Phi) is 6.71. The third kappa shape index (κ3) is 5.16. The maximum Gasteiger partial charge on any atom is 0.389 e. The van der Waals surface area contributed by atoms with Crippen molar-refractivity contribution in [3.05, 3.63) is 46.6 Å². The summed E-state index contributed by atoms with van der Waals surface area (Å²) in [6.45, 7) is -0.0540. The number of sulfone groups is 1. The number of nitrogens with zero attached hydrogens (tertiary/aromatic N) is 4. The van der Waals surface area contributed by atoms with Crippen molar-refractivity contribution >= 4 is 33.0 Å². The van der Waals surface area contributed by atoms with Crippen LogP contribution in [0.15, 0.2) is 29.3 Å². The quantitative estimate of drug-likeness (QED) is 0.345. The van der Waals surface area contributed by atoms with E-state index < -0.39 is 45.7 Å². The minimum atomic E-state index is -4.54. The lowest BCUT2D eigenvalue weighted by molar-refractivity contribution is -0.133. The standard InChI is InChI=1S/C19H15ClF4N4O3S/c20-14-7-11(21)1-2-16(14)32(30,31)12-4-6-28(10-12)18-13(9-26-17(8-25)27-18)15(29)3-5-19(22,23)24/h1-2,7,9,12H,3-6,10H2/t12-/m0/s1. The van der Waals surface area contributed by atoms with E-state index in [2.05, 4.69) is 9.97 Å². The van der Waals surface area contributed by atoms with Crippen LogP contribution in [0.25, 0.3) is 0 Å². The number of hydrogen-bond donors (Lipinski definition) is 0. The molecule has 3 rings (SSSR count). The summed E-state index contributed by atoms with van der Waals surface area (Å²) in [7, 11) is -3.99. The number of aromatic nitrogens is 2. The van der Waals surface area contributed by atoms with Crippen LogP contribution in [0.1, 0.15) is 35.4 Å². The summed E-state index contributed by atoms with van der Waals surface area (Å²) in [5, 5.41) is 7.79. The summed E-state index contributed by atoms with van der Waals surface area (Å²) in [5.41, 5.74) is -0.230. The van der Waals surface area contributed by atoms with Gasteiger partial charge in [-0.15, -0.1) is 0 Å². The zero-order chi connectivity index (χ0) is 23.7. The van der Waals surface area contributed by atoms with Crippen molar-refractivity contribution in [3.8, 4) is 6.07 Å². The fraction of sp³-hybridized carbons (Fsp3) is 0.368. The van der Waals surface area contributed by atoms with Crippen molar-refractivity contribution in [1.29, 1.82) is 5.26 Å². The van der Waals surface area contributed by atoms with E-state index in [-0.39, 0.29) is 46.6 Å². The molecule has 0 aliphatic carbocycles. The fourth-order valence-electron chi connectivity index (χ4n) is 3.31. The zero-order valence-electron chi connectivity index (χ0n) is 16.2. The van der Waals surface area contributed by atoms with Gasteiger partial charge in [0.15, 0.2) is 15.6 Å². The number of hydrogen-bond acceptors (Lipinski definition) is 7. The Hall–Kier alpha value is -2.78. The highest BCUT2D eigenvalue weighted by molar-refractivity contribution is 7.92. The lowest BCUT2D eigenvalue weighted by Crippen LogP contribution is -2.29. The van der Waals surface area contributed by atoms with Crippen molar-refractivity contribution < 1.29 is 30.8 Å². The van der Waals surface area contributed by atoms with Gasteiger partial charge in [0.25, 0.3) is 0 Å². The van der Waals surface area contributed by atoms with Crippen molar-refractivity contribution in [1.82, 2.24) is 9.97 Å². The molecule has 13 heteroatoms. The average Bonchev–Trinajstić information content (AvgIpc) is 3.22. The fourth-order valence-corrected chi connectivity index (χ4v) is 5.54. The molecule has 2 heterocycles. The molecule has 1 aromatic heterocycles. The molecule has 0 unspecified atom stereocenters. The Labute approximate surface area is 185 Å². The SMILES string of the molecule is N#Cc1ncc(C(=O)CCC(F)(F)F)c(N2CC[C@H](S(=O)(=O)c3ccc(F)cc3Cl)C2)n1. The molecule has 170 valence electrons. The molecule has 7 nitrogen and oxygen atoms in total. The summed E-state index contributed by atoms with van der Waals surface area (Å²) in [4.78, 5) is 21.1. The first-order valence-electron chi connectivity index (χ1n) is 9.23. The van der Waals surface area contributed by atoms with Gasteiger partial charge in [0.1, 0.15) is 17.7 Å². The molecule has 1 fully saturated rings. The molecule has 0 amide bonds. The molecule has 0 N–H and O–H groups in total. The van der Waals surface area contributed by atoms with Gasteiger partial charge in [0.2, 0.25) is 5.82 Å². The molecular weight excluding hydrogens is 476 g/mol. The minimum absolute atomic E-state index is 0.0953. The Balaban J connectivity index is 1.89. The van der Waals surface area contributed by atoms with Crippen molar-refractivity contribution in [3.63, 3.8) is 0 Å². The van der Waals surface area contributed by atoms with Crippen molar-refractivity contribution in [2.24, 2.45) is 0 Å². The van der Waals surface area contributed by atoms with Crippen LogP contribution in [0.5, 0.6) is 0 Å². The first-order valence-corrected chi connectivity index (χ1v) is 11.2. The number of nitriles is 1. The number of halogens is 5. The highest BCUT2D eigenvalue weighted by atomic mass is 35.5. The number of carbonyl (C=O) groups is 1. The molecular formula is C19H15ClF4N4O3S. The molecule has 1 aliphatic heterocycles. The van der Waals surface area contributed by atoms with Gasteiger partial charge in [-0.3, -0.25) is 4.79 Å². The molecule has 0 radical (unpaired) electrons. The molecule has 0 spiro atoms. The van der Waals surface area contributed by atoms with Gasteiger partial charge in [-0.25, -0.2) is 22.8 Å². The van der Waals surface area contributed by atoms with Crippen LogP contribution in [0.4, 0.5) is 23.4 Å². The van der Waals surface area contributed by atoms with Crippen LogP contribution in [-0.4, -0.2) is 48.7 Å². The molecule has 0 bridgehead atoms. The summed E-state index contributed by atoms with van der Waals surface area (Å²) >= 11 is 5.90. The summed E-state index contributed by atoms with van der Waals surface area (Å²) in [5.74, 6) is -2.00. The monoisotopic (exact) mass is 490 g/mol. The average molecular weight is 491 g/mol. The number of Topliss-reactive ketones (excluding diaryl/α,β-unsaturated/α-hetero) is 1. The number of anilines is 1. The van der Waals surface area contributed by atoms with Crippen LogP contribution in [0.3, 0.4) is 0 Å². The van der Waals surface area contributed by atoms with Crippen LogP contribution in [-0.2, 0) is 9.84 Å². The second kappa shape index (κ2) is 8.99. The first kappa shape index (κ1) is 23.9. The lowest BCUT2D eigenvalue weighted by atomic mass is 10.1.